The summed E-state index contributed by atoms with van der Waals surface area (Å²) in [5.41, 5.74) is 6.74. The number of morpholine rings is 1. The third-order valence-electron chi connectivity index (χ3n) is 3.26. The first kappa shape index (κ1) is 14.3. The molecule has 1 heterocycles. The van der Waals surface area contributed by atoms with Crippen LogP contribution in [-0.2, 0) is 11.3 Å². The molecule has 0 saturated carbocycles. The Labute approximate surface area is 117 Å². The smallest absolute Gasteiger partial charge is 0.127 e. The monoisotopic (exact) mass is 284 g/mol. The molecular weight excluding hydrogens is 267 g/mol. The van der Waals surface area contributed by atoms with Gasteiger partial charge in [0.2, 0.25) is 0 Å². The minimum absolute atomic E-state index is 0.00336. The van der Waals surface area contributed by atoms with Crippen LogP contribution < -0.4 is 5.73 Å². The molecule has 4 nitrogen and oxygen atoms in total. The Morgan fingerprint density at radius 1 is 1.58 bits per heavy atom. The SMILES string of the molecule is NC(=S)c1ccc(F)c(CN2CCOCC2CO)c1. The molecule has 19 heavy (non-hydrogen) atoms. The number of nitrogens with two attached hydrogens (primary N) is 1. The molecule has 0 aliphatic carbocycles. The van der Waals surface area contributed by atoms with Crippen LogP contribution in [0.5, 0.6) is 0 Å². The quantitative estimate of drug-likeness (QED) is 0.795. The predicted molar refractivity (Wildman–Crippen MR) is 74.4 cm³/mol. The molecule has 2 rings (SSSR count). The number of thiocarbonyl (C=S) groups is 1. The molecule has 1 aliphatic rings. The summed E-state index contributed by atoms with van der Waals surface area (Å²) in [6, 6.07) is 4.52. The van der Waals surface area contributed by atoms with E-state index >= 15 is 0 Å². The molecule has 1 aromatic carbocycles. The average Bonchev–Trinajstić information content (AvgIpc) is 2.41. The van der Waals surface area contributed by atoms with Crippen molar-refractivity contribution in [1.29, 1.82) is 0 Å². The zero-order valence-electron chi connectivity index (χ0n) is 10.5. The normalized spacial score (nSPS) is 20.4. The Morgan fingerprint density at radius 2 is 2.37 bits per heavy atom. The van der Waals surface area contributed by atoms with Gasteiger partial charge < -0.3 is 15.6 Å². The summed E-state index contributed by atoms with van der Waals surface area (Å²) in [4.78, 5) is 2.26. The molecule has 1 aromatic rings. The number of nitrogens with zero attached hydrogens (tertiary/aromatic N) is 1. The number of halogens is 1. The lowest BCUT2D eigenvalue weighted by Crippen LogP contribution is -2.47. The van der Waals surface area contributed by atoms with E-state index < -0.39 is 0 Å². The standard InChI is InChI=1S/C13H17FN2O2S/c14-12-2-1-9(13(15)19)5-10(12)6-16-3-4-18-8-11(16)7-17/h1-2,5,11,17H,3-4,6-8H2,(H2,15,19). The van der Waals surface area contributed by atoms with Gasteiger partial charge >= 0.3 is 0 Å². The van der Waals surface area contributed by atoms with E-state index in [0.717, 1.165) is 0 Å². The number of aliphatic hydroxyl groups is 1. The van der Waals surface area contributed by atoms with E-state index in [0.29, 0.717) is 37.4 Å². The number of rotatable bonds is 4. The fourth-order valence-electron chi connectivity index (χ4n) is 2.13. The van der Waals surface area contributed by atoms with E-state index in [1.807, 2.05) is 4.90 Å². The van der Waals surface area contributed by atoms with Gasteiger partial charge in [0.1, 0.15) is 10.8 Å². The fourth-order valence-corrected chi connectivity index (χ4v) is 2.26. The van der Waals surface area contributed by atoms with Gasteiger partial charge in [0, 0.05) is 24.2 Å². The van der Waals surface area contributed by atoms with Crippen molar-refractivity contribution in [2.24, 2.45) is 5.73 Å². The topological polar surface area (TPSA) is 58.7 Å². The molecule has 1 aliphatic heterocycles. The molecule has 6 heteroatoms. The summed E-state index contributed by atoms with van der Waals surface area (Å²) in [6.07, 6.45) is 0. The summed E-state index contributed by atoms with van der Waals surface area (Å²) in [5, 5.41) is 9.30. The molecule has 1 saturated heterocycles. The summed E-state index contributed by atoms with van der Waals surface area (Å²) >= 11 is 4.90. The highest BCUT2D eigenvalue weighted by molar-refractivity contribution is 7.80. The van der Waals surface area contributed by atoms with Crippen molar-refractivity contribution in [3.05, 3.63) is 35.1 Å². The molecule has 1 unspecified atom stereocenters. The highest BCUT2D eigenvalue weighted by Gasteiger charge is 2.23. The second kappa shape index (κ2) is 6.38. The van der Waals surface area contributed by atoms with Crippen LogP contribution in [0, 0.1) is 5.82 Å². The first-order valence-corrected chi connectivity index (χ1v) is 6.53. The number of hydrogen-bond donors (Lipinski definition) is 2. The van der Waals surface area contributed by atoms with Gasteiger partial charge in [-0.05, 0) is 18.2 Å². The van der Waals surface area contributed by atoms with Crippen molar-refractivity contribution in [1.82, 2.24) is 4.90 Å². The highest BCUT2D eigenvalue weighted by atomic mass is 32.1. The summed E-state index contributed by atoms with van der Waals surface area (Å²) < 4.78 is 19.1. The lowest BCUT2D eigenvalue weighted by atomic mass is 10.1. The van der Waals surface area contributed by atoms with E-state index in [1.165, 1.54) is 6.07 Å². The van der Waals surface area contributed by atoms with Crippen molar-refractivity contribution < 1.29 is 14.2 Å². The molecule has 0 spiro atoms. The van der Waals surface area contributed by atoms with Gasteiger partial charge in [-0.2, -0.15) is 0 Å². The largest absolute Gasteiger partial charge is 0.395 e. The van der Waals surface area contributed by atoms with Crippen LogP contribution in [0.2, 0.25) is 0 Å². The Kier molecular flexibility index (Phi) is 4.81. The first-order valence-electron chi connectivity index (χ1n) is 6.12. The molecule has 3 N–H and O–H groups in total. The lowest BCUT2D eigenvalue weighted by Gasteiger charge is -2.34. The molecule has 0 bridgehead atoms. The van der Waals surface area contributed by atoms with Crippen molar-refractivity contribution in [2.75, 3.05) is 26.4 Å². The molecule has 1 atom stereocenters. The molecule has 0 amide bonds. The van der Waals surface area contributed by atoms with Gasteiger partial charge in [-0.3, -0.25) is 4.90 Å². The Bertz CT molecular complexity index is 470. The molecule has 0 radical (unpaired) electrons. The van der Waals surface area contributed by atoms with Crippen molar-refractivity contribution in [2.45, 2.75) is 12.6 Å². The van der Waals surface area contributed by atoms with E-state index in [-0.39, 0.29) is 23.5 Å². The van der Waals surface area contributed by atoms with Crippen LogP contribution in [-0.4, -0.2) is 47.4 Å². The number of benzene rings is 1. The molecule has 104 valence electrons. The maximum absolute atomic E-state index is 13.8. The van der Waals surface area contributed by atoms with Crippen molar-refractivity contribution in [3.8, 4) is 0 Å². The minimum atomic E-state index is -0.289. The van der Waals surface area contributed by atoms with Crippen LogP contribution in [0.25, 0.3) is 0 Å². The Morgan fingerprint density at radius 3 is 3.05 bits per heavy atom. The van der Waals surface area contributed by atoms with Gasteiger partial charge in [0.05, 0.1) is 25.9 Å². The summed E-state index contributed by atoms with van der Waals surface area (Å²) in [7, 11) is 0. The number of hydrogen-bond acceptors (Lipinski definition) is 4. The average molecular weight is 284 g/mol. The summed E-state index contributed by atoms with van der Waals surface area (Å²) in [5.74, 6) is -0.289. The number of aliphatic hydroxyl groups excluding tert-OH is 1. The minimum Gasteiger partial charge on any atom is -0.395 e. The van der Waals surface area contributed by atoms with Crippen molar-refractivity contribution in [3.63, 3.8) is 0 Å². The fraction of sp³-hybridized carbons (Fsp3) is 0.462. The second-order valence-corrected chi connectivity index (χ2v) is 4.99. The van der Waals surface area contributed by atoms with E-state index in [2.05, 4.69) is 0 Å². The van der Waals surface area contributed by atoms with Crippen LogP contribution in [0.1, 0.15) is 11.1 Å². The molecule has 1 fully saturated rings. The van der Waals surface area contributed by atoms with E-state index in [9.17, 15) is 9.50 Å². The van der Waals surface area contributed by atoms with Gasteiger partial charge in [-0.15, -0.1) is 0 Å². The van der Waals surface area contributed by atoms with Gasteiger partial charge in [-0.1, -0.05) is 12.2 Å². The third kappa shape index (κ3) is 3.48. The highest BCUT2D eigenvalue weighted by Crippen LogP contribution is 2.16. The predicted octanol–water partition coefficient (Wildman–Crippen LogP) is 0.653. The zero-order valence-corrected chi connectivity index (χ0v) is 11.3. The number of ether oxygens (including phenoxy) is 1. The Balaban J connectivity index is 2.17. The van der Waals surface area contributed by atoms with E-state index in [1.54, 1.807) is 12.1 Å². The van der Waals surface area contributed by atoms with E-state index in [4.69, 9.17) is 22.7 Å². The molecular formula is C13H17FN2O2S. The summed E-state index contributed by atoms with van der Waals surface area (Å²) in [6.45, 7) is 2.13. The first-order chi connectivity index (χ1) is 9.11. The third-order valence-corrected chi connectivity index (χ3v) is 3.50. The zero-order chi connectivity index (χ0) is 13.8. The maximum Gasteiger partial charge on any atom is 0.127 e. The van der Waals surface area contributed by atoms with Crippen LogP contribution >= 0.6 is 12.2 Å². The lowest BCUT2D eigenvalue weighted by molar-refractivity contribution is -0.0316. The van der Waals surface area contributed by atoms with Crippen LogP contribution in [0.3, 0.4) is 0 Å². The van der Waals surface area contributed by atoms with Gasteiger partial charge in [0.25, 0.3) is 0 Å². The molecule has 0 aromatic heterocycles. The van der Waals surface area contributed by atoms with Crippen LogP contribution in [0.4, 0.5) is 4.39 Å². The van der Waals surface area contributed by atoms with Crippen LogP contribution in [0.15, 0.2) is 18.2 Å². The van der Waals surface area contributed by atoms with Gasteiger partial charge in [0.15, 0.2) is 0 Å². The van der Waals surface area contributed by atoms with Gasteiger partial charge in [-0.25, -0.2) is 4.39 Å². The second-order valence-electron chi connectivity index (χ2n) is 4.55. The maximum atomic E-state index is 13.8. The van der Waals surface area contributed by atoms with Crippen molar-refractivity contribution >= 4 is 17.2 Å². The Hall–Kier alpha value is -1.08.